The van der Waals surface area contributed by atoms with Crippen LogP contribution in [0.15, 0.2) is 57.9 Å². The first-order valence-corrected chi connectivity index (χ1v) is 10.6. The number of hydrogen-bond donors (Lipinski definition) is 1. The van der Waals surface area contributed by atoms with Crippen LogP contribution in [0.3, 0.4) is 0 Å². The number of carbonyl (C=O) groups excluding carboxylic acids is 1. The lowest BCUT2D eigenvalue weighted by Crippen LogP contribution is -2.50. The Morgan fingerprint density at radius 2 is 1.59 bits per heavy atom. The number of aliphatic carboxylic acids is 1. The number of sulfone groups is 1. The second-order valence-electron chi connectivity index (χ2n) is 6.54. The average molecular weight is 452 g/mol. The molecule has 1 heterocycles. The molecule has 2 aromatic carbocycles. The molecule has 0 spiro atoms. The molecule has 2 atom stereocenters. The van der Waals surface area contributed by atoms with Crippen LogP contribution < -0.4 is 0 Å². The maximum Gasteiger partial charge on any atom is 0.309 e. The standard InChI is InChI=1S/C19H18BrNO5S/c1-21-11-16(19(23)24)17(10-18(21)22)27(25,26)15-8-4-13(5-9-15)12-2-6-14(20)7-3-12/h2-9,16-17H,10-11H2,1H3,(H,23,24)/t16?,17-/m1/s1. The van der Waals surface area contributed by atoms with Gasteiger partial charge in [0.05, 0.1) is 16.1 Å². The molecule has 0 aromatic heterocycles. The van der Waals surface area contributed by atoms with E-state index in [0.717, 1.165) is 15.6 Å². The molecule has 0 bridgehead atoms. The number of carboxylic acid groups (broad SMARTS) is 1. The van der Waals surface area contributed by atoms with Crippen LogP contribution >= 0.6 is 15.9 Å². The fourth-order valence-corrected chi connectivity index (χ4v) is 5.33. The van der Waals surface area contributed by atoms with Crippen molar-refractivity contribution < 1.29 is 23.1 Å². The van der Waals surface area contributed by atoms with Crippen LogP contribution in [0.4, 0.5) is 0 Å². The van der Waals surface area contributed by atoms with Crippen LogP contribution in [0.25, 0.3) is 11.1 Å². The summed E-state index contributed by atoms with van der Waals surface area (Å²) in [5.74, 6) is -2.73. The van der Waals surface area contributed by atoms with Crippen molar-refractivity contribution in [3.63, 3.8) is 0 Å². The molecule has 3 rings (SSSR count). The summed E-state index contributed by atoms with van der Waals surface area (Å²) in [4.78, 5) is 24.8. The number of likely N-dealkylation sites (tertiary alicyclic amines) is 1. The Morgan fingerprint density at radius 3 is 2.11 bits per heavy atom. The fraction of sp³-hybridized carbons (Fsp3) is 0.263. The molecule has 1 N–H and O–H groups in total. The van der Waals surface area contributed by atoms with Gasteiger partial charge in [0.2, 0.25) is 5.91 Å². The van der Waals surface area contributed by atoms with Crippen LogP contribution in [0.5, 0.6) is 0 Å². The zero-order valence-electron chi connectivity index (χ0n) is 14.5. The summed E-state index contributed by atoms with van der Waals surface area (Å²) in [5.41, 5.74) is 1.77. The highest BCUT2D eigenvalue weighted by atomic mass is 79.9. The van der Waals surface area contributed by atoms with Crippen molar-refractivity contribution >= 4 is 37.6 Å². The monoisotopic (exact) mass is 451 g/mol. The van der Waals surface area contributed by atoms with E-state index in [9.17, 15) is 23.1 Å². The Hall–Kier alpha value is -2.19. The highest BCUT2D eigenvalue weighted by molar-refractivity contribution is 9.10. The van der Waals surface area contributed by atoms with E-state index in [4.69, 9.17) is 0 Å². The molecule has 1 amide bonds. The maximum absolute atomic E-state index is 13.0. The van der Waals surface area contributed by atoms with E-state index >= 15 is 0 Å². The first-order chi connectivity index (χ1) is 12.7. The number of carboxylic acids is 1. The number of benzene rings is 2. The zero-order valence-corrected chi connectivity index (χ0v) is 16.9. The molecule has 8 heteroatoms. The van der Waals surface area contributed by atoms with Gasteiger partial charge < -0.3 is 10.0 Å². The van der Waals surface area contributed by atoms with E-state index in [-0.39, 0.29) is 23.8 Å². The van der Waals surface area contributed by atoms with Crippen molar-refractivity contribution in [3.05, 3.63) is 53.0 Å². The number of nitrogens with zero attached hydrogens (tertiary/aromatic N) is 1. The lowest BCUT2D eigenvalue weighted by Gasteiger charge is -2.33. The van der Waals surface area contributed by atoms with Gasteiger partial charge in [-0.05, 0) is 35.4 Å². The predicted octanol–water partition coefficient (Wildman–Crippen LogP) is 2.82. The number of hydrogen-bond acceptors (Lipinski definition) is 4. The molecule has 1 aliphatic heterocycles. The van der Waals surface area contributed by atoms with Gasteiger partial charge in [-0.15, -0.1) is 0 Å². The summed E-state index contributed by atoms with van der Waals surface area (Å²) in [6.45, 7) is -0.116. The van der Waals surface area contributed by atoms with Gasteiger partial charge in [-0.1, -0.05) is 40.2 Å². The molecule has 2 aromatic rings. The minimum atomic E-state index is -3.95. The highest BCUT2D eigenvalue weighted by Crippen LogP contribution is 2.31. The van der Waals surface area contributed by atoms with Crippen molar-refractivity contribution in [2.24, 2.45) is 5.92 Å². The minimum absolute atomic E-state index is 0.0250. The molecule has 6 nitrogen and oxygen atoms in total. The first-order valence-electron chi connectivity index (χ1n) is 8.27. The lowest BCUT2D eigenvalue weighted by atomic mass is 9.97. The van der Waals surface area contributed by atoms with Crippen molar-refractivity contribution in [1.29, 1.82) is 0 Å². The molecule has 1 saturated heterocycles. The van der Waals surface area contributed by atoms with Crippen LogP contribution in [0, 0.1) is 5.92 Å². The Morgan fingerprint density at radius 1 is 1.07 bits per heavy atom. The van der Waals surface area contributed by atoms with Gasteiger partial charge in [0, 0.05) is 24.5 Å². The second kappa shape index (κ2) is 7.44. The zero-order chi connectivity index (χ0) is 19.8. The molecule has 27 heavy (non-hydrogen) atoms. The summed E-state index contributed by atoms with van der Waals surface area (Å²) in [6.07, 6.45) is -0.329. The Balaban J connectivity index is 1.93. The maximum atomic E-state index is 13.0. The third kappa shape index (κ3) is 3.91. The fourth-order valence-electron chi connectivity index (χ4n) is 3.20. The summed E-state index contributed by atoms with van der Waals surface area (Å²) in [7, 11) is -2.47. The molecule has 1 fully saturated rings. The largest absolute Gasteiger partial charge is 0.481 e. The van der Waals surface area contributed by atoms with Crippen molar-refractivity contribution in [2.45, 2.75) is 16.6 Å². The number of carbonyl (C=O) groups is 2. The Bertz CT molecular complexity index is 970. The van der Waals surface area contributed by atoms with E-state index in [1.165, 1.54) is 24.1 Å². The third-order valence-corrected chi connectivity index (χ3v) is 7.55. The van der Waals surface area contributed by atoms with Crippen molar-refractivity contribution in [1.82, 2.24) is 4.90 Å². The van der Waals surface area contributed by atoms with E-state index in [2.05, 4.69) is 15.9 Å². The quantitative estimate of drug-likeness (QED) is 0.771. The van der Waals surface area contributed by atoms with Crippen LogP contribution in [-0.2, 0) is 19.4 Å². The van der Waals surface area contributed by atoms with Crippen LogP contribution in [0.2, 0.25) is 0 Å². The second-order valence-corrected chi connectivity index (χ2v) is 9.62. The van der Waals surface area contributed by atoms with Crippen molar-refractivity contribution in [2.75, 3.05) is 13.6 Å². The highest BCUT2D eigenvalue weighted by Gasteiger charge is 2.45. The van der Waals surface area contributed by atoms with Crippen LogP contribution in [-0.4, -0.2) is 49.1 Å². The molecular formula is C19H18BrNO5S. The Kier molecular flexibility index (Phi) is 5.39. The summed E-state index contributed by atoms with van der Waals surface area (Å²) >= 11 is 3.37. The van der Waals surface area contributed by atoms with Gasteiger partial charge in [-0.25, -0.2) is 8.42 Å². The smallest absolute Gasteiger partial charge is 0.309 e. The van der Waals surface area contributed by atoms with Gasteiger partial charge in [-0.2, -0.15) is 0 Å². The summed E-state index contributed by atoms with van der Waals surface area (Å²) in [6, 6.07) is 13.9. The SMILES string of the molecule is CN1CC(C(=O)O)[C@H](S(=O)(=O)c2ccc(-c3ccc(Br)cc3)cc2)CC1=O. The third-order valence-electron chi connectivity index (χ3n) is 4.80. The van der Waals surface area contributed by atoms with E-state index < -0.39 is 27.0 Å². The molecule has 0 saturated carbocycles. The van der Waals surface area contributed by atoms with Gasteiger partial charge in [0.15, 0.2) is 9.84 Å². The molecule has 142 valence electrons. The lowest BCUT2D eigenvalue weighted by molar-refractivity contribution is -0.146. The van der Waals surface area contributed by atoms with E-state index in [0.29, 0.717) is 0 Å². The van der Waals surface area contributed by atoms with Gasteiger partial charge in [0.25, 0.3) is 0 Å². The normalized spacial score (nSPS) is 20.5. The summed E-state index contributed by atoms with van der Waals surface area (Å²) in [5, 5.41) is 8.17. The molecular weight excluding hydrogens is 434 g/mol. The molecule has 0 radical (unpaired) electrons. The van der Waals surface area contributed by atoms with E-state index in [1.54, 1.807) is 12.1 Å². The molecule has 1 aliphatic rings. The van der Waals surface area contributed by atoms with Gasteiger partial charge >= 0.3 is 5.97 Å². The first kappa shape index (κ1) is 19.6. The summed E-state index contributed by atoms with van der Waals surface area (Å²) < 4.78 is 27.0. The van der Waals surface area contributed by atoms with Crippen molar-refractivity contribution in [3.8, 4) is 11.1 Å². The van der Waals surface area contributed by atoms with Gasteiger partial charge in [0.1, 0.15) is 0 Å². The number of halogens is 1. The number of amides is 1. The number of piperidine rings is 1. The number of rotatable bonds is 4. The molecule has 0 aliphatic carbocycles. The van der Waals surface area contributed by atoms with Crippen LogP contribution in [0.1, 0.15) is 6.42 Å². The molecule has 1 unspecified atom stereocenters. The van der Waals surface area contributed by atoms with Gasteiger partial charge in [-0.3, -0.25) is 9.59 Å². The van der Waals surface area contributed by atoms with E-state index in [1.807, 2.05) is 24.3 Å². The minimum Gasteiger partial charge on any atom is -0.481 e. The Labute approximate surface area is 165 Å². The topological polar surface area (TPSA) is 91.8 Å². The predicted molar refractivity (Wildman–Crippen MR) is 104 cm³/mol. The average Bonchev–Trinajstić information content (AvgIpc) is 2.64.